The van der Waals surface area contributed by atoms with Crippen molar-refractivity contribution >= 4 is 5.69 Å². The minimum atomic E-state index is 0.616. The smallest absolute Gasteiger partial charge is 0.0367 e. The summed E-state index contributed by atoms with van der Waals surface area (Å²) in [4.78, 5) is 2.52. The lowest BCUT2D eigenvalue weighted by molar-refractivity contribution is 0.388. The van der Waals surface area contributed by atoms with Crippen LogP contribution in [0.1, 0.15) is 45.6 Å². The Labute approximate surface area is 118 Å². The number of hydrogen-bond acceptors (Lipinski definition) is 2. The molecule has 1 aromatic rings. The predicted molar refractivity (Wildman–Crippen MR) is 84.0 cm³/mol. The van der Waals surface area contributed by atoms with Gasteiger partial charge in [-0.1, -0.05) is 39.8 Å². The molecule has 2 rings (SSSR count). The highest BCUT2D eigenvalue weighted by Gasteiger charge is 2.20. The van der Waals surface area contributed by atoms with Crippen molar-refractivity contribution in [2.24, 2.45) is 5.92 Å². The highest BCUT2D eigenvalue weighted by molar-refractivity contribution is 5.48. The summed E-state index contributed by atoms with van der Waals surface area (Å²) < 4.78 is 0. The first-order valence-electron chi connectivity index (χ1n) is 7.64. The van der Waals surface area contributed by atoms with Crippen LogP contribution in [0.4, 0.5) is 5.69 Å². The van der Waals surface area contributed by atoms with Crippen LogP contribution in [0.25, 0.3) is 0 Å². The van der Waals surface area contributed by atoms with E-state index in [1.807, 2.05) is 0 Å². The number of rotatable bonds is 4. The lowest BCUT2D eigenvalue weighted by Crippen LogP contribution is -2.51. The molecule has 19 heavy (non-hydrogen) atoms. The van der Waals surface area contributed by atoms with Crippen molar-refractivity contribution in [3.05, 3.63) is 29.8 Å². The molecule has 2 heteroatoms. The van der Waals surface area contributed by atoms with Gasteiger partial charge < -0.3 is 10.2 Å². The Morgan fingerprint density at radius 2 is 1.84 bits per heavy atom. The second-order valence-corrected chi connectivity index (χ2v) is 6.47. The topological polar surface area (TPSA) is 15.3 Å². The van der Waals surface area contributed by atoms with Crippen LogP contribution in [0.5, 0.6) is 0 Å². The molecule has 1 aliphatic heterocycles. The zero-order valence-electron chi connectivity index (χ0n) is 12.8. The molecule has 1 fully saturated rings. The average Bonchev–Trinajstić information content (AvgIpc) is 2.38. The quantitative estimate of drug-likeness (QED) is 0.889. The molecule has 1 atom stereocenters. The van der Waals surface area contributed by atoms with Gasteiger partial charge >= 0.3 is 0 Å². The van der Waals surface area contributed by atoms with Crippen molar-refractivity contribution in [2.45, 2.75) is 46.1 Å². The van der Waals surface area contributed by atoms with Crippen molar-refractivity contribution < 1.29 is 0 Å². The fraction of sp³-hybridized carbons (Fsp3) is 0.647. The predicted octanol–water partition coefficient (Wildman–Crippen LogP) is 3.63. The molecular formula is C17H28N2. The highest BCUT2D eigenvalue weighted by Crippen LogP contribution is 2.22. The molecule has 1 saturated heterocycles. The standard InChI is InChI=1S/C17H28N2/c1-13(2)11-16-12-19(10-9-18-16)17-7-5-15(6-8-17)14(3)4/h5-8,13-14,16,18H,9-12H2,1-4H3. The van der Waals surface area contributed by atoms with E-state index < -0.39 is 0 Å². The van der Waals surface area contributed by atoms with Gasteiger partial charge in [-0.2, -0.15) is 0 Å². The van der Waals surface area contributed by atoms with Crippen LogP contribution in [-0.2, 0) is 0 Å². The van der Waals surface area contributed by atoms with Gasteiger partial charge in [0.05, 0.1) is 0 Å². The third-order valence-electron chi connectivity index (χ3n) is 3.94. The number of nitrogens with one attached hydrogen (secondary N) is 1. The molecule has 0 radical (unpaired) electrons. The zero-order valence-corrected chi connectivity index (χ0v) is 12.8. The molecule has 106 valence electrons. The second kappa shape index (κ2) is 6.42. The van der Waals surface area contributed by atoms with Gasteiger partial charge in [-0.15, -0.1) is 0 Å². The molecule has 0 saturated carbocycles. The van der Waals surface area contributed by atoms with Crippen LogP contribution in [0, 0.1) is 5.92 Å². The maximum absolute atomic E-state index is 3.64. The molecule has 2 nitrogen and oxygen atoms in total. The first-order valence-corrected chi connectivity index (χ1v) is 7.64. The molecule has 0 bridgehead atoms. The SMILES string of the molecule is CC(C)CC1CN(c2ccc(C(C)C)cc2)CCN1. The first kappa shape index (κ1) is 14.4. The fourth-order valence-corrected chi connectivity index (χ4v) is 2.86. The Morgan fingerprint density at radius 3 is 2.42 bits per heavy atom. The second-order valence-electron chi connectivity index (χ2n) is 6.47. The summed E-state index contributed by atoms with van der Waals surface area (Å²) in [6.07, 6.45) is 1.26. The number of hydrogen-bond donors (Lipinski definition) is 1. The van der Waals surface area contributed by atoms with E-state index in [9.17, 15) is 0 Å². The molecule has 1 heterocycles. The van der Waals surface area contributed by atoms with Gasteiger partial charge in [0.1, 0.15) is 0 Å². The van der Waals surface area contributed by atoms with E-state index in [2.05, 4.69) is 62.2 Å². The lowest BCUT2D eigenvalue weighted by Gasteiger charge is -2.36. The first-order chi connectivity index (χ1) is 9.06. The van der Waals surface area contributed by atoms with Crippen LogP contribution in [-0.4, -0.2) is 25.7 Å². The molecule has 1 aromatic carbocycles. The molecule has 0 amide bonds. The minimum absolute atomic E-state index is 0.616. The van der Waals surface area contributed by atoms with E-state index in [1.54, 1.807) is 0 Å². The summed E-state index contributed by atoms with van der Waals surface area (Å²) in [5, 5.41) is 3.64. The Balaban J connectivity index is 2.00. The van der Waals surface area contributed by atoms with Gasteiger partial charge in [0.25, 0.3) is 0 Å². The van der Waals surface area contributed by atoms with E-state index in [-0.39, 0.29) is 0 Å². The molecule has 1 N–H and O–H groups in total. The number of anilines is 1. The van der Waals surface area contributed by atoms with Gasteiger partial charge in [-0.05, 0) is 36.0 Å². The Hall–Kier alpha value is -1.02. The van der Waals surface area contributed by atoms with Crippen molar-refractivity contribution in [3.63, 3.8) is 0 Å². The van der Waals surface area contributed by atoms with Gasteiger partial charge in [0.15, 0.2) is 0 Å². The Bertz CT molecular complexity index is 381. The minimum Gasteiger partial charge on any atom is -0.369 e. The summed E-state index contributed by atoms with van der Waals surface area (Å²) >= 11 is 0. The number of nitrogens with zero attached hydrogens (tertiary/aromatic N) is 1. The van der Waals surface area contributed by atoms with Crippen molar-refractivity contribution in [2.75, 3.05) is 24.5 Å². The van der Waals surface area contributed by atoms with Gasteiger partial charge in [0.2, 0.25) is 0 Å². The van der Waals surface area contributed by atoms with Crippen LogP contribution in [0.3, 0.4) is 0 Å². The zero-order chi connectivity index (χ0) is 13.8. The van der Waals surface area contributed by atoms with Crippen molar-refractivity contribution in [1.82, 2.24) is 5.32 Å². The third-order valence-corrected chi connectivity index (χ3v) is 3.94. The molecule has 1 aliphatic rings. The van der Waals surface area contributed by atoms with Gasteiger partial charge in [0, 0.05) is 31.4 Å². The molecule has 0 aliphatic carbocycles. The van der Waals surface area contributed by atoms with Crippen molar-refractivity contribution in [1.29, 1.82) is 0 Å². The van der Waals surface area contributed by atoms with Gasteiger partial charge in [-0.25, -0.2) is 0 Å². The average molecular weight is 260 g/mol. The summed E-state index contributed by atoms with van der Waals surface area (Å²) in [6, 6.07) is 9.76. The fourth-order valence-electron chi connectivity index (χ4n) is 2.86. The van der Waals surface area contributed by atoms with Crippen LogP contribution in [0.15, 0.2) is 24.3 Å². The van der Waals surface area contributed by atoms with Crippen molar-refractivity contribution in [3.8, 4) is 0 Å². The number of piperazine rings is 1. The Kier molecular flexibility index (Phi) is 4.87. The largest absolute Gasteiger partial charge is 0.369 e. The van der Waals surface area contributed by atoms with E-state index >= 15 is 0 Å². The Morgan fingerprint density at radius 1 is 1.16 bits per heavy atom. The van der Waals surface area contributed by atoms with E-state index in [0.29, 0.717) is 12.0 Å². The molecule has 0 aromatic heterocycles. The van der Waals surface area contributed by atoms with E-state index in [1.165, 1.54) is 17.7 Å². The van der Waals surface area contributed by atoms with Crippen LogP contribution < -0.4 is 10.2 Å². The monoisotopic (exact) mass is 260 g/mol. The highest BCUT2D eigenvalue weighted by atomic mass is 15.2. The summed E-state index contributed by atoms with van der Waals surface area (Å²) in [6.45, 7) is 12.5. The molecular weight excluding hydrogens is 232 g/mol. The lowest BCUT2D eigenvalue weighted by atomic mass is 10.0. The summed E-state index contributed by atoms with van der Waals surface area (Å²) in [7, 11) is 0. The maximum Gasteiger partial charge on any atom is 0.0367 e. The molecule has 1 unspecified atom stereocenters. The molecule has 0 spiro atoms. The third kappa shape index (κ3) is 3.97. The maximum atomic E-state index is 3.64. The number of benzene rings is 1. The van der Waals surface area contributed by atoms with E-state index in [4.69, 9.17) is 0 Å². The summed E-state index contributed by atoms with van der Waals surface area (Å²) in [5.74, 6) is 1.38. The summed E-state index contributed by atoms with van der Waals surface area (Å²) in [5.41, 5.74) is 2.80. The van der Waals surface area contributed by atoms with Crippen LogP contribution in [0.2, 0.25) is 0 Å². The van der Waals surface area contributed by atoms with Crippen LogP contribution >= 0.6 is 0 Å². The van der Waals surface area contributed by atoms with E-state index in [0.717, 1.165) is 25.6 Å². The van der Waals surface area contributed by atoms with Gasteiger partial charge in [-0.3, -0.25) is 0 Å². The normalized spacial score (nSPS) is 20.3.